The van der Waals surface area contributed by atoms with Crippen molar-refractivity contribution < 1.29 is 0 Å². The Morgan fingerprint density at radius 2 is 1.86 bits per heavy atom. The second kappa shape index (κ2) is 5.28. The van der Waals surface area contributed by atoms with E-state index in [1.807, 2.05) is 32.1 Å². The summed E-state index contributed by atoms with van der Waals surface area (Å²) >= 11 is 0. The Kier molecular flexibility index (Phi) is 3.99. The second-order valence-corrected chi connectivity index (χ2v) is 3.22. The van der Waals surface area contributed by atoms with Crippen LogP contribution in [0.25, 0.3) is 5.52 Å². The third-order valence-corrected chi connectivity index (χ3v) is 1.97. The average molecular weight is 187 g/mol. The van der Waals surface area contributed by atoms with Crippen molar-refractivity contribution >= 4 is 5.52 Å². The maximum absolute atomic E-state index is 2.17. The van der Waals surface area contributed by atoms with Gasteiger partial charge >= 0.3 is 0 Å². The van der Waals surface area contributed by atoms with E-state index in [1.54, 1.807) is 0 Å². The molecule has 0 N–H and O–H groups in total. The van der Waals surface area contributed by atoms with Crippen LogP contribution in [-0.4, -0.2) is 4.40 Å². The lowest BCUT2D eigenvalue weighted by Crippen LogP contribution is -1.75. The quantitative estimate of drug-likeness (QED) is 0.552. The van der Waals surface area contributed by atoms with E-state index in [9.17, 15) is 0 Å². The van der Waals surface area contributed by atoms with Gasteiger partial charge < -0.3 is 4.40 Å². The molecule has 2 rings (SSSR count). The van der Waals surface area contributed by atoms with Gasteiger partial charge in [-0.3, -0.25) is 0 Å². The molecule has 2 aromatic heterocycles. The number of hydrogen-bond donors (Lipinski definition) is 0. The minimum Gasteiger partial charge on any atom is -0.324 e. The van der Waals surface area contributed by atoms with Crippen LogP contribution >= 0.6 is 0 Å². The molecule has 1 nitrogen and oxygen atoms in total. The normalized spacial score (nSPS) is 10.2. The van der Waals surface area contributed by atoms with Crippen molar-refractivity contribution in [3.63, 3.8) is 0 Å². The molecule has 0 bridgehead atoms. The molecule has 0 atom stereocenters. The molecule has 14 heavy (non-hydrogen) atoms. The number of pyridine rings is 1. The number of aromatic nitrogens is 1. The zero-order valence-corrected chi connectivity index (χ0v) is 9.07. The van der Waals surface area contributed by atoms with Gasteiger partial charge in [-0.1, -0.05) is 18.2 Å². The van der Waals surface area contributed by atoms with Crippen molar-refractivity contribution in [3.05, 3.63) is 54.4 Å². The Morgan fingerprint density at radius 1 is 1.14 bits per heavy atom. The summed E-state index contributed by atoms with van der Waals surface area (Å²) in [6.07, 6.45) is 8.18. The molecule has 0 aliphatic heterocycles. The predicted octanol–water partition coefficient (Wildman–Crippen LogP) is 3.83. The third-order valence-electron chi connectivity index (χ3n) is 1.97. The lowest BCUT2D eigenvalue weighted by atomic mass is 10.3. The Bertz CT molecular complexity index is 373. The van der Waals surface area contributed by atoms with Crippen LogP contribution in [0.15, 0.2) is 48.8 Å². The van der Waals surface area contributed by atoms with Gasteiger partial charge in [-0.2, -0.15) is 0 Å². The zero-order valence-electron chi connectivity index (χ0n) is 9.07. The largest absolute Gasteiger partial charge is 0.324 e. The van der Waals surface area contributed by atoms with Crippen LogP contribution in [-0.2, 0) is 0 Å². The van der Waals surface area contributed by atoms with Crippen LogP contribution in [0.2, 0.25) is 0 Å². The standard InChI is InChI=1S/C9H9N.C4H8/c1-8-6-9-4-2-3-5-10(9)7-8;1-3-4-2/h2-7H,1H3;3-4H,1-2H3/b;4-3+. The molecule has 0 unspecified atom stereocenters. The van der Waals surface area contributed by atoms with Crippen molar-refractivity contribution in [2.45, 2.75) is 20.8 Å². The summed E-state index contributed by atoms with van der Waals surface area (Å²) in [6, 6.07) is 8.36. The molecular weight excluding hydrogens is 170 g/mol. The first-order valence-electron chi connectivity index (χ1n) is 4.88. The first kappa shape index (κ1) is 10.6. The van der Waals surface area contributed by atoms with Crippen molar-refractivity contribution in [3.8, 4) is 0 Å². The highest BCUT2D eigenvalue weighted by Crippen LogP contribution is 2.07. The SMILES string of the molecule is C/C=C/C.Cc1cc2ccccn2c1. The van der Waals surface area contributed by atoms with Crippen molar-refractivity contribution in [2.75, 3.05) is 0 Å². The Hall–Kier alpha value is -1.50. The molecule has 2 aromatic rings. The van der Waals surface area contributed by atoms with Gasteiger partial charge in [0.25, 0.3) is 0 Å². The van der Waals surface area contributed by atoms with Crippen molar-refractivity contribution in [1.82, 2.24) is 4.40 Å². The summed E-state index contributed by atoms with van der Waals surface area (Å²) in [4.78, 5) is 0. The molecule has 0 amide bonds. The van der Waals surface area contributed by atoms with Crippen LogP contribution in [0.1, 0.15) is 19.4 Å². The lowest BCUT2D eigenvalue weighted by molar-refractivity contribution is 1.19. The summed E-state index contributed by atoms with van der Waals surface area (Å²) in [5, 5.41) is 0. The molecule has 0 aliphatic rings. The van der Waals surface area contributed by atoms with Crippen molar-refractivity contribution in [2.24, 2.45) is 0 Å². The molecular formula is C13H17N. The Balaban J connectivity index is 0.000000213. The minimum absolute atomic E-state index is 1.26. The highest BCUT2D eigenvalue weighted by molar-refractivity contribution is 5.49. The smallest absolute Gasteiger partial charge is 0.0452 e. The summed E-state index contributed by atoms with van der Waals surface area (Å²) in [5.41, 5.74) is 2.58. The fraction of sp³-hybridized carbons (Fsp3) is 0.231. The summed E-state index contributed by atoms with van der Waals surface area (Å²) < 4.78 is 2.12. The first-order chi connectivity index (χ1) is 6.77. The zero-order chi connectivity index (χ0) is 10.4. The molecule has 0 fully saturated rings. The summed E-state index contributed by atoms with van der Waals surface area (Å²) in [7, 11) is 0. The summed E-state index contributed by atoms with van der Waals surface area (Å²) in [5.74, 6) is 0. The fourth-order valence-corrected chi connectivity index (χ4v) is 1.20. The minimum atomic E-state index is 1.26. The topological polar surface area (TPSA) is 4.41 Å². The van der Waals surface area contributed by atoms with E-state index in [0.29, 0.717) is 0 Å². The highest BCUT2D eigenvalue weighted by Gasteiger charge is 1.90. The van der Waals surface area contributed by atoms with Crippen molar-refractivity contribution in [1.29, 1.82) is 0 Å². The van der Waals surface area contributed by atoms with E-state index in [4.69, 9.17) is 0 Å². The molecule has 2 heterocycles. The van der Waals surface area contributed by atoms with Crippen LogP contribution in [0.5, 0.6) is 0 Å². The van der Waals surface area contributed by atoms with E-state index in [1.165, 1.54) is 11.1 Å². The molecule has 0 saturated heterocycles. The number of allylic oxidation sites excluding steroid dienone is 2. The number of aryl methyl sites for hydroxylation is 1. The molecule has 0 radical (unpaired) electrons. The van der Waals surface area contributed by atoms with Crippen LogP contribution in [0, 0.1) is 6.92 Å². The van der Waals surface area contributed by atoms with Gasteiger partial charge in [0.1, 0.15) is 0 Å². The predicted molar refractivity (Wildman–Crippen MR) is 62.6 cm³/mol. The maximum Gasteiger partial charge on any atom is 0.0452 e. The Labute approximate surface area is 85.7 Å². The van der Waals surface area contributed by atoms with E-state index in [2.05, 4.69) is 41.9 Å². The number of hydrogen-bond acceptors (Lipinski definition) is 0. The first-order valence-corrected chi connectivity index (χ1v) is 4.88. The second-order valence-electron chi connectivity index (χ2n) is 3.22. The van der Waals surface area contributed by atoms with E-state index >= 15 is 0 Å². The lowest BCUT2D eigenvalue weighted by Gasteiger charge is -1.88. The van der Waals surface area contributed by atoms with Crippen LogP contribution in [0.3, 0.4) is 0 Å². The van der Waals surface area contributed by atoms with E-state index in [0.717, 1.165) is 0 Å². The third kappa shape index (κ3) is 2.77. The van der Waals surface area contributed by atoms with Gasteiger partial charge in [-0.05, 0) is 44.5 Å². The van der Waals surface area contributed by atoms with Gasteiger partial charge in [0.2, 0.25) is 0 Å². The van der Waals surface area contributed by atoms with Gasteiger partial charge in [0, 0.05) is 17.9 Å². The van der Waals surface area contributed by atoms with Gasteiger partial charge in [-0.25, -0.2) is 0 Å². The van der Waals surface area contributed by atoms with Gasteiger partial charge in [0.15, 0.2) is 0 Å². The summed E-state index contributed by atoms with van der Waals surface area (Å²) in [6.45, 7) is 6.10. The van der Waals surface area contributed by atoms with E-state index < -0.39 is 0 Å². The molecule has 74 valence electrons. The number of rotatable bonds is 0. The number of nitrogens with zero attached hydrogens (tertiary/aromatic N) is 1. The molecule has 0 aliphatic carbocycles. The maximum atomic E-state index is 2.17. The van der Waals surface area contributed by atoms with Gasteiger partial charge in [0.05, 0.1) is 0 Å². The molecule has 1 heteroatoms. The van der Waals surface area contributed by atoms with Gasteiger partial charge in [-0.15, -0.1) is 0 Å². The average Bonchev–Trinajstić information content (AvgIpc) is 2.58. The molecule has 0 saturated carbocycles. The Morgan fingerprint density at radius 3 is 2.43 bits per heavy atom. The highest BCUT2D eigenvalue weighted by atomic mass is 14.8. The van der Waals surface area contributed by atoms with Crippen LogP contribution in [0.4, 0.5) is 0 Å². The monoisotopic (exact) mass is 187 g/mol. The van der Waals surface area contributed by atoms with Crippen LogP contribution < -0.4 is 0 Å². The fourth-order valence-electron chi connectivity index (χ4n) is 1.20. The molecule has 0 spiro atoms. The van der Waals surface area contributed by atoms with E-state index in [-0.39, 0.29) is 0 Å². The molecule has 0 aromatic carbocycles. The number of fused-ring (bicyclic) bond motifs is 1.